The number of hydrogen-bond donors (Lipinski definition) is 2. The van der Waals surface area contributed by atoms with E-state index in [1.807, 2.05) is 0 Å². The normalized spacial score (nSPS) is 29.2. The van der Waals surface area contributed by atoms with Crippen LogP contribution in [0.25, 0.3) is 0 Å². The molecule has 0 bridgehead atoms. The Balaban J connectivity index is 1.84. The van der Waals surface area contributed by atoms with Crippen molar-refractivity contribution < 1.29 is 9.90 Å². The third kappa shape index (κ3) is 4.58. The summed E-state index contributed by atoms with van der Waals surface area (Å²) < 4.78 is 0. The summed E-state index contributed by atoms with van der Waals surface area (Å²) in [6.45, 7) is 5.23. The first kappa shape index (κ1) is 13.8. The molecule has 2 atom stereocenters. The molecule has 1 aliphatic carbocycles. The van der Waals surface area contributed by atoms with E-state index in [1.54, 1.807) is 6.92 Å². The van der Waals surface area contributed by atoms with E-state index in [2.05, 4.69) is 10.2 Å². The molecule has 1 amide bonds. The molecule has 2 rings (SSSR count). The van der Waals surface area contributed by atoms with Crippen molar-refractivity contribution in [3.8, 4) is 0 Å². The van der Waals surface area contributed by atoms with Crippen LogP contribution >= 0.6 is 0 Å². The predicted molar refractivity (Wildman–Crippen MR) is 71.2 cm³/mol. The molecule has 2 unspecified atom stereocenters. The average Bonchev–Trinajstić information content (AvgIpc) is 3.09. The van der Waals surface area contributed by atoms with Gasteiger partial charge in [-0.05, 0) is 43.9 Å². The van der Waals surface area contributed by atoms with E-state index in [0.717, 1.165) is 38.3 Å². The Morgan fingerprint density at radius 3 is 2.72 bits per heavy atom. The summed E-state index contributed by atoms with van der Waals surface area (Å²) in [7, 11) is 0. The fraction of sp³-hybridized carbons (Fsp3) is 0.929. The third-order valence-corrected chi connectivity index (χ3v) is 4.00. The number of carbonyl (C=O) groups is 1. The molecular weight excluding hydrogens is 228 g/mol. The van der Waals surface area contributed by atoms with Crippen LogP contribution in [0.2, 0.25) is 0 Å². The summed E-state index contributed by atoms with van der Waals surface area (Å²) in [5.41, 5.74) is 0. The lowest BCUT2D eigenvalue weighted by molar-refractivity contribution is -0.120. The van der Waals surface area contributed by atoms with Crippen LogP contribution in [0.4, 0.5) is 0 Å². The van der Waals surface area contributed by atoms with Gasteiger partial charge in [0.1, 0.15) is 0 Å². The van der Waals surface area contributed by atoms with Crippen molar-refractivity contribution in [3.05, 3.63) is 0 Å². The maximum Gasteiger partial charge on any atom is 0.217 e. The third-order valence-electron chi connectivity index (χ3n) is 4.00. The van der Waals surface area contributed by atoms with Crippen molar-refractivity contribution in [3.63, 3.8) is 0 Å². The Morgan fingerprint density at radius 2 is 2.11 bits per heavy atom. The van der Waals surface area contributed by atoms with Crippen molar-refractivity contribution in [1.29, 1.82) is 0 Å². The molecule has 0 aromatic carbocycles. The highest BCUT2D eigenvalue weighted by molar-refractivity contribution is 5.73. The molecule has 4 nitrogen and oxygen atoms in total. The van der Waals surface area contributed by atoms with Crippen LogP contribution < -0.4 is 5.32 Å². The Labute approximate surface area is 110 Å². The number of hydrogen-bond acceptors (Lipinski definition) is 3. The van der Waals surface area contributed by atoms with Crippen LogP contribution in [0.3, 0.4) is 0 Å². The number of piperidine rings is 1. The van der Waals surface area contributed by atoms with Crippen LogP contribution in [0.15, 0.2) is 0 Å². The monoisotopic (exact) mass is 254 g/mol. The second kappa shape index (κ2) is 6.53. The zero-order valence-corrected chi connectivity index (χ0v) is 11.4. The van der Waals surface area contributed by atoms with Crippen LogP contribution in [-0.4, -0.2) is 48.2 Å². The molecule has 2 fully saturated rings. The molecule has 4 heteroatoms. The van der Waals surface area contributed by atoms with Gasteiger partial charge in [-0.1, -0.05) is 0 Å². The van der Waals surface area contributed by atoms with Gasteiger partial charge in [0.25, 0.3) is 0 Å². The van der Waals surface area contributed by atoms with Crippen molar-refractivity contribution in [2.24, 2.45) is 11.8 Å². The lowest BCUT2D eigenvalue weighted by atomic mass is 9.90. The number of carbonyl (C=O) groups excluding carboxylic acids is 1. The Hall–Kier alpha value is -0.610. The number of nitrogens with zero attached hydrogens (tertiary/aromatic N) is 1. The fourth-order valence-electron chi connectivity index (χ4n) is 3.10. The van der Waals surface area contributed by atoms with E-state index >= 15 is 0 Å². The second-order valence-electron chi connectivity index (χ2n) is 6.03. The minimum Gasteiger partial charge on any atom is -0.396 e. The zero-order valence-electron chi connectivity index (χ0n) is 11.4. The van der Waals surface area contributed by atoms with Gasteiger partial charge < -0.3 is 15.3 Å². The molecule has 1 heterocycles. The van der Waals surface area contributed by atoms with Crippen LogP contribution in [0.1, 0.15) is 39.0 Å². The molecule has 0 aromatic heterocycles. The van der Waals surface area contributed by atoms with Gasteiger partial charge in [0.15, 0.2) is 0 Å². The quantitative estimate of drug-likeness (QED) is 0.743. The zero-order chi connectivity index (χ0) is 13.0. The maximum absolute atomic E-state index is 11.2. The number of rotatable bonds is 6. The van der Waals surface area contributed by atoms with Crippen LogP contribution in [-0.2, 0) is 4.79 Å². The van der Waals surface area contributed by atoms with E-state index < -0.39 is 0 Å². The SMILES string of the molecule is CC(=O)NC1CC(CCCO)CN(CC2CC2)C1. The van der Waals surface area contributed by atoms with Gasteiger partial charge in [0, 0.05) is 39.2 Å². The highest BCUT2D eigenvalue weighted by atomic mass is 16.2. The molecule has 1 saturated carbocycles. The van der Waals surface area contributed by atoms with Crippen LogP contribution in [0.5, 0.6) is 0 Å². The predicted octanol–water partition coefficient (Wildman–Crippen LogP) is 0.995. The van der Waals surface area contributed by atoms with E-state index in [4.69, 9.17) is 5.11 Å². The summed E-state index contributed by atoms with van der Waals surface area (Å²) in [4.78, 5) is 13.7. The summed E-state index contributed by atoms with van der Waals surface area (Å²) in [6.07, 6.45) is 5.79. The molecule has 1 aliphatic heterocycles. The molecule has 2 aliphatic rings. The number of nitrogens with one attached hydrogen (secondary N) is 1. The molecule has 0 radical (unpaired) electrons. The van der Waals surface area contributed by atoms with Gasteiger partial charge in [-0.15, -0.1) is 0 Å². The van der Waals surface area contributed by atoms with E-state index in [-0.39, 0.29) is 12.5 Å². The topological polar surface area (TPSA) is 52.6 Å². The summed E-state index contributed by atoms with van der Waals surface area (Å²) >= 11 is 0. The van der Waals surface area contributed by atoms with Gasteiger partial charge in [-0.3, -0.25) is 4.79 Å². The maximum atomic E-state index is 11.2. The van der Waals surface area contributed by atoms with Gasteiger partial charge in [0.05, 0.1) is 0 Å². The Bertz CT molecular complexity index is 279. The summed E-state index contributed by atoms with van der Waals surface area (Å²) in [6, 6.07) is 0.304. The molecule has 0 spiro atoms. The lowest BCUT2D eigenvalue weighted by Gasteiger charge is -2.38. The van der Waals surface area contributed by atoms with Crippen molar-refractivity contribution >= 4 is 5.91 Å². The van der Waals surface area contributed by atoms with Gasteiger partial charge >= 0.3 is 0 Å². The molecule has 1 saturated heterocycles. The first-order valence-corrected chi connectivity index (χ1v) is 7.27. The van der Waals surface area contributed by atoms with Gasteiger partial charge in [0.2, 0.25) is 5.91 Å². The largest absolute Gasteiger partial charge is 0.396 e. The average molecular weight is 254 g/mol. The van der Waals surface area contributed by atoms with E-state index in [1.165, 1.54) is 19.4 Å². The minimum atomic E-state index is 0.0779. The van der Waals surface area contributed by atoms with Crippen molar-refractivity contribution in [1.82, 2.24) is 10.2 Å². The number of amides is 1. The number of aliphatic hydroxyl groups is 1. The highest BCUT2D eigenvalue weighted by Gasteiger charge is 2.31. The minimum absolute atomic E-state index is 0.0779. The molecule has 0 aromatic rings. The first-order valence-electron chi connectivity index (χ1n) is 7.27. The van der Waals surface area contributed by atoms with E-state index in [9.17, 15) is 4.79 Å². The molecular formula is C14H26N2O2. The fourth-order valence-corrected chi connectivity index (χ4v) is 3.10. The molecule has 2 N–H and O–H groups in total. The van der Waals surface area contributed by atoms with Crippen LogP contribution in [0, 0.1) is 11.8 Å². The van der Waals surface area contributed by atoms with Gasteiger partial charge in [-0.2, -0.15) is 0 Å². The van der Waals surface area contributed by atoms with Gasteiger partial charge in [-0.25, -0.2) is 0 Å². The van der Waals surface area contributed by atoms with Crippen molar-refractivity contribution in [2.45, 2.75) is 45.1 Å². The van der Waals surface area contributed by atoms with E-state index in [0.29, 0.717) is 12.0 Å². The summed E-state index contributed by atoms with van der Waals surface area (Å²) in [5.74, 6) is 1.61. The standard InChI is InChI=1S/C14H26N2O2/c1-11(18)15-14-7-13(3-2-6-17)9-16(10-14)8-12-4-5-12/h12-14,17H,2-10H2,1H3,(H,15,18). The van der Waals surface area contributed by atoms with Crippen molar-refractivity contribution in [2.75, 3.05) is 26.2 Å². The highest BCUT2D eigenvalue weighted by Crippen LogP contribution is 2.31. The second-order valence-corrected chi connectivity index (χ2v) is 6.03. The first-order chi connectivity index (χ1) is 8.67. The lowest BCUT2D eigenvalue weighted by Crippen LogP contribution is -2.50. The summed E-state index contributed by atoms with van der Waals surface area (Å²) in [5, 5.41) is 12.0. The molecule has 104 valence electrons. The number of likely N-dealkylation sites (tertiary alicyclic amines) is 1. The molecule has 18 heavy (non-hydrogen) atoms. The Kier molecular flexibility index (Phi) is 5.01. The smallest absolute Gasteiger partial charge is 0.217 e. The Morgan fingerprint density at radius 1 is 1.33 bits per heavy atom. The number of aliphatic hydroxyl groups excluding tert-OH is 1.